The van der Waals surface area contributed by atoms with Crippen LogP contribution in [0.2, 0.25) is 0 Å². The molecule has 1 aromatic rings. The number of ether oxygens (including phenoxy) is 3. The van der Waals surface area contributed by atoms with E-state index >= 15 is 0 Å². The normalized spacial score (nSPS) is 35.2. The molecule has 0 saturated carbocycles. The van der Waals surface area contributed by atoms with E-state index in [9.17, 15) is 24.3 Å². The summed E-state index contributed by atoms with van der Waals surface area (Å²) >= 11 is 0. The highest BCUT2D eigenvalue weighted by molar-refractivity contribution is 5.99. The lowest BCUT2D eigenvalue weighted by Gasteiger charge is -2.38. The van der Waals surface area contributed by atoms with E-state index in [2.05, 4.69) is 10.2 Å². The zero-order chi connectivity index (χ0) is 32.4. The van der Waals surface area contributed by atoms with Gasteiger partial charge in [-0.15, -0.1) is 0 Å². The summed E-state index contributed by atoms with van der Waals surface area (Å²) in [5, 5.41) is 13.2. The highest BCUT2D eigenvalue weighted by Crippen LogP contribution is 2.53. The molecule has 0 bridgehead atoms. The SMILES string of the molecule is C[C@@H]1NC(=O)CC/C=C\[C@@H]2O[C@@]34C=CCN(CCN5CCOCC5)C(=O)[C@@H]3N([C@H](C)CO)C(=O)[C@H]4[C@@H]2C(=O)O[C@H]1c1ccccc1. The summed E-state index contributed by atoms with van der Waals surface area (Å²) in [5.41, 5.74) is -0.750. The third-order valence-electron chi connectivity index (χ3n) is 9.89. The van der Waals surface area contributed by atoms with Crippen molar-refractivity contribution in [1.82, 2.24) is 20.0 Å². The Bertz CT molecular complexity index is 1360. The lowest BCUT2D eigenvalue weighted by molar-refractivity contribution is -0.162. The Morgan fingerprint density at radius 1 is 1.04 bits per heavy atom. The molecule has 5 aliphatic heterocycles. The van der Waals surface area contributed by atoms with Gasteiger partial charge < -0.3 is 34.4 Å². The number of carbonyl (C=O) groups excluding carboxylic acids is 4. The third-order valence-corrected chi connectivity index (χ3v) is 9.89. The van der Waals surface area contributed by atoms with Gasteiger partial charge in [0.2, 0.25) is 17.7 Å². The maximum atomic E-state index is 14.5. The molecule has 5 aliphatic rings. The maximum absolute atomic E-state index is 14.5. The Labute approximate surface area is 269 Å². The summed E-state index contributed by atoms with van der Waals surface area (Å²) in [6, 6.07) is 6.86. The van der Waals surface area contributed by atoms with Gasteiger partial charge in [0.1, 0.15) is 23.7 Å². The second-order valence-corrected chi connectivity index (χ2v) is 12.9. The number of nitrogens with zero attached hydrogens (tertiary/aromatic N) is 3. The average molecular weight is 637 g/mol. The van der Waals surface area contributed by atoms with Gasteiger partial charge in [-0.1, -0.05) is 54.6 Å². The van der Waals surface area contributed by atoms with E-state index in [0.29, 0.717) is 44.8 Å². The summed E-state index contributed by atoms with van der Waals surface area (Å²) in [5.74, 6) is -3.65. The highest BCUT2D eigenvalue weighted by Gasteiger charge is 2.72. The van der Waals surface area contributed by atoms with Gasteiger partial charge in [-0.3, -0.25) is 24.1 Å². The van der Waals surface area contributed by atoms with Crippen molar-refractivity contribution < 1.29 is 38.5 Å². The summed E-state index contributed by atoms with van der Waals surface area (Å²) in [4.78, 5) is 61.4. The van der Waals surface area contributed by atoms with Gasteiger partial charge in [-0.05, 0) is 25.8 Å². The molecule has 0 aromatic heterocycles. The van der Waals surface area contributed by atoms with Crippen LogP contribution in [0.5, 0.6) is 0 Å². The van der Waals surface area contributed by atoms with Crippen LogP contribution >= 0.6 is 0 Å². The summed E-state index contributed by atoms with van der Waals surface area (Å²) < 4.78 is 18.4. The molecule has 1 spiro atoms. The van der Waals surface area contributed by atoms with Gasteiger partial charge in [0.15, 0.2) is 0 Å². The largest absolute Gasteiger partial charge is 0.455 e. The van der Waals surface area contributed by atoms with Gasteiger partial charge in [-0.25, -0.2) is 0 Å². The number of aliphatic hydroxyl groups excluding tert-OH is 1. The van der Waals surface area contributed by atoms with Gasteiger partial charge in [0.05, 0.1) is 43.9 Å². The number of likely N-dealkylation sites (tertiary alicyclic amines) is 1. The van der Waals surface area contributed by atoms with E-state index in [4.69, 9.17) is 14.2 Å². The number of benzene rings is 1. The molecule has 3 amide bonds. The first-order valence-corrected chi connectivity index (χ1v) is 16.3. The smallest absolute Gasteiger partial charge is 0.313 e. The molecule has 6 rings (SSSR count). The first-order chi connectivity index (χ1) is 22.2. The first-order valence-electron chi connectivity index (χ1n) is 16.3. The van der Waals surface area contributed by atoms with Crippen molar-refractivity contribution in [3.05, 3.63) is 60.2 Å². The van der Waals surface area contributed by atoms with Crippen LogP contribution < -0.4 is 5.32 Å². The number of hydrogen-bond donors (Lipinski definition) is 2. The molecule has 46 heavy (non-hydrogen) atoms. The van der Waals surface area contributed by atoms with Gasteiger partial charge >= 0.3 is 5.97 Å². The average Bonchev–Trinajstić information content (AvgIpc) is 3.46. The number of rotatable bonds is 6. The van der Waals surface area contributed by atoms with E-state index in [-0.39, 0.29) is 24.8 Å². The fourth-order valence-corrected chi connectivity index (χ4v) is 7.54. The number of allylic oxidation sites excluding steroid dienone is 1. The minimum atomic E-state index is -1.45. The molecule has 12 heteroatoms. The molecule has 5 heterocycles. The van der Waals surface area contributed by atoms with E-state index in [1.807, 2.05) is 36.4 Å². The monoisotopic (exact) mass is 636 g/mol. The highest BCUT2D eigenvalue weighted by atomic mass is 16.6. The van der Waals surface area contributed by atoms with Crippen molar-refractivity contribution in [2.24, 2.45) is 11.8 Å². The molecular formula is C34H44N4O8. The second kappa shape index (κ2) is 13.6. The topological polar surface area (TPSA) is 138 Å². The van der Waals surface area contributed by atoms with Gasteiger partial charge in [-0.2, -0.15) is 0 Å². The fraction of sp³-hybridized carbons (Fsp3) is 0.588. The van der Waals surface area contributed by atoms with Crippen molar-refractivity contribution >= 4 is 23.7 Å². The lowest BCUT2D eigenvalue weighted by Crippen LogP contribution is -2.58. The number of amides is 3. The summed E-state index contributed by atoms with van der Waals surface area (Å²) in [6.07, 6.45) is 6.08. The standard InChI is InChI=1S/C34H44N4O8/c1-22(21-39)38-30-32(42)37(16-15-36-17-19-44-20-18-36)14-8-13-34(30)28(31(38)41)27-25(46-34)11-6-7-12-26(40)35-23(2)29(45-33(27)43)24-9-4-3-5-10-24/h3-6,8-11,13,22-23,25,27-30,39H,7,12,14-21H2,1-2H3,(H,35,40)/b11-6-/t22-,23+,25+,27-,28-,29-,30+,34-/m1/s1. The number of fused-ring (bicyclic) bond motifs is 2. The number of morpholine rings is 1. The number of esters is 1. The third kappa shape index (κ3) is 5.99. The van der Waals surface area contributed by atoms with Crippen molar-refractivity contribution in [3.8, 4) is 0 Å². The summed E-state index contributed by atoms with van der Waals surface area (Å²) in [6.45, 7) is 7.40. The molecule has 12 nitrogen and oxygen atoms in total. The molecule has 2 N–H and O–H groups in total. The van der Waals surface area contributed by atoms with Crippen molar-refractivity contribution in [3.63, 3.8) is 0 Å². The van der Waals surface area contributed by atoms with E-state index < -0.39 is 59.6 Å². The number of nitrogens with one attached hydrogen (secondary N) is 1. The van der Waals surface area contributed by atoms with E-state index in [1.165, 1.54) is 4.90 Å². The van der Waals surface area contributed by atoms with E-state index in [1.54, 1.807) is 37.0 Å². The quantitative estimate of drug-likeness (QED) is 0.343. The predicted molar refractivity (Wildman–Crippen MR) is 166 cm³/mol. The van der Waals surface area contributed by atoms with Crippen LogP contribution in [-0.4, -0.2) is 126 Å². The van der Waals surface area contributed by atoms with Crippen LogP contribution in [0.4, 0.5) is 0 Å². The molecule has 3 saturated heterocycles. The van der Waals surface area contributed by atoms with Crippen molar-refractivity contribution in [2.75, 3.05) is 52.5 Å². The second-order valence-electron chi connectivity index (χ2n) is 12.9. The van der Waals surface area contributed by atoms with Crippen LogP contribution in [0.1, 0.15) is 38.4 Å². The molecular weight excluding hydrogens is 592 g/mol. The lowest BCUT2D eigenvalue weighted by atomic mass is 9.77. The minimum Gasteiger partial charge on any atom is -0.455 e. The fourth-order valence-electron chi connectivity index (χ4n) is 7.54. The minimum absolute atomic E-state index is 0.174. The van der Waals surface area contributed by atoms with Crippen LogP contribution in [0, 0.1) is 11.8 Å². The van der Waals surface area contributed by atoms with Crippen LogP contribution in [0.25, 0.3) is 0 Å². The summed E-state index contributed by atoms with van der Waals surface area (Å²) in [7, 11) is 0. The zero-order valence-corrected chi connectivity index (χ0v) is 26.5. The Balaban J connectivity index is 1.37. The first kappa shape index (κ1) is 32.4. The Hall–Kier alpha value is -3.58. The number of hydrogen-bond acceptors (Lipinski definition) is 9. The van der Waals surface area contributed by atoms with Crippen molar-refractivity contribution in [2.45, 2.75) is 62.6 Å². The zero-order valence-electron chi connectivity index (χ0n) is 26.5. The maximum Gasteiger partial charge on any atom is 0.313 e. The Morgan fingerprint density at radius 2 is 1.80 bits per heavy atom. The number of carbonyl (C=O) groups is 4. The molecule has 0 aliphatic carbocycles. The predicted octanol–water partition coefficient (Wildman–Crippen LogP) is 0.818. The van der Waals surface area contributed by atoms with Crippen LogP contribution in [0.3, 0.4) is 0 Å². The molecule has 0 unspecified atom stereocenters. The molecule has 8 atom stereocenters. The van der Waals surface area contributed by atoms with Crippen LogP contribution in [-0.2, 0) is 33.4 Å². The van der Waals surface area contributed by atoms with E-state index in [0.717, 1.165) is 13.1 Å². The molecule has 0 radical (unpaired) electrons. The number of cyclic esters (lactones) is 1. The Kier molecular flexibility index (Phi) is 9.60. The number of aliphatic hydroxyl groups is 1. The molecule has 1 aromatic carbocycles. The van der Waals surface area contributed by atoms with Gasteiger partial charge in [0.25, 0.3) is 0 Å². The molecule has 248 valence electrons. The molecule has 3 fully saturated rings. The van der Waals surface area contributed by atoms with Crippen molar-refractivity contribution in [1.29, 1.82) is 0 Å². The Morgan fingerprint density at radius 3 is 2.54 bits per heavy atom. The van der Waals surface area contributed by atoms with Gasteiger partial charge in [0, 0.05) is 39.1 Å². The van der Waals surface area contributed by atoms with Crippen LogP contribution in [0.15, 0.2) is 54.6 Å².